The second kappa shape index (κ2) is 14.8. The van der Waals surface area contributed by atoms with E-state index in [0.29, 0.717) is 6.42 Å². The lowest BCUT2D eigenvalue weighted by molar-refractivity contribution is -0.155. The van der Waals surface area contributed by atoms with Crippen LogP contribution >= 0.6 is 0 Å². The fourth-order valence-electron chi connectivity index (χ4n) is 7.24. The largest absolute Gasteiger partial charge is 0.439 e. The Morgan fingerprint density at radius 3 is 1.92 bits per heavy atom. The first kappa shape index (κ1) is 34.1. The van der Waals surface area contributed by atoms with E-state index in [2.05, 4.69) is 0 Å². The maximum absolute atomic E-state index is 15.0. The zero-order valence-electron chi connectivity index (χ0n) is 28.1. The molecule has 0 spiro atoms. The molecule has 0 N–H and O–H groups in total. The molecule has 9 heteroatoms. The molecule has 0 aromatic heterocycles. The third kappa shape index (κ3) is 7.48. The zero-order chi connectivity index (χ0) is 34.5. The van der Waals surface area contributed by atoms with Crippen molar-refractivity contribution in [3.63, 3.8) is 0 Å². The summed E-state index contributed by atoms with van der Waals surface area (Å²) < 4.78 is 19.4. The SMILES string of the molecule is [B]C(=O)N1[C@H](Cc2ccccc2)[C@@H]([C@@H](OCc2ccccc2)[C@H](Cc2ccccc2)C(=O)N2C(=O)O[C@H](c3ccccc3)[C@@H]2C)OC1(C)C. The molecule has 4 aromatic rings. The first-order chi connectivity index (χ1) is 23.6. The number of carbonyl (C=O) groups excluding carboxylic acids is 3. The van der Waals surface area contributed by atoms with Crippen LogP contribution in [0.4, 0.5) is 9.59 Å². The molecule has 0 saturated carbocycles. The van der Waals surface area contributed by atoms with E-state index in [1.807, 2.05) is 128 Å². The lowest BCUT2D eigenvalue weighted by Crippen LogP contribution is -2.54. The molecule has 2 aliphatic rings. The summed E-state index contributed by atoms with van der Waals surface area (Å²) in [6, 6.07) is 37.3. The van der Waals surface area contributed by atoms with Gasteiger partial charge in [0.05, 0.1) is 30.7 Å². The monoisotopic (exact) mass is 656 g/mol. The summed E-state index contributed by atoms with van der Waals surface area (Å²) in [6.07, 6.45) is -2.37. The van der Waals surface area contributed by atoms with Crippen molar-refractivity contribution in [3.05, 3.63) is 144 Å². The first-order valence-corrected chi connectivity index (χ1v) is 16.7. The Labute approximate surface area is 289 Å². The number of cyclic esters (lactones) is 1. The van der Waals surface area contributed by atoms with Gasteiger partial charge in [0.2, 0.25) is 13.8 Å². The normalized spacial score (nSPS) is 22.8. The molecule has 2 saturated heterocycles. The van der Waals surface area contributed by atoms with Gasteiger partial charge in [-0.1, -0.05) is 121 Å². The van der Waals surface area contributed by atoms with Crippen LogP contribution in [0, 0.1) is 5.92 Å². The summed E-state index contributed by atoms with van der Waals surface area (Å²) in [4.78, 5) is 44.5. The third-order valence-corrected chi connectivity index (χ3v) is 9.50. The Balaban J connectivity index is 1.44. The van der Waals surface area contributed by atoms with Crippen LogP contribution < -0.4 is 0 Å². The minimum Gasteiger partial charge on any atom is -0.439 e. The van der Waals surface area contributed by atoms with Gasteiger partial charge in [0, 0.05) is 0 Å². The molecule has 49 heavy (non-hydrogen) atoms. The number of ether oxygens (including phenoxy) is 3. The molecule has 0 unspecified atom stereocenters. The Hall–Kier alpha value is -4.73. The van der Waals surface area contributed by atoms with E-state index in [1.165, 1.54) is 4.90 Å². The first-order valence-electron chi connectivity index (χ1n) is 16.7. The molecule has 6 rings (SSSR count). The maximum Gasteiger partial charge on any atom is 0.417 e. The number of benzene rings is 4. The van der Waals surface area contributed by atoms with Crippen molar-refractivity contribution in [3.8, 4) is 0 Å². The van der Waals surface area contributed by atoms with Crippen molar-refractivity contribution in [1.29, 1.82) is 0 Å². The maximum atomic E-state index is 15.0. The van der Waals surface area contributed by atoms with Crippen molar-refractivity contribution in [2.75, 3.05) is 0 Å². The van der Waals surface area contributed by atoms with Crippen molar-refractivity contribution >= 4 is 25.7 Å². The van der Waals surface area contributed by atoms with E-state index in [1.54, 1.807) is 18.7 Å². The number of hydrogen-bond donors (Lipinski definition) is 0. The lowest BCUT2D eigenvalue weighted by Gasteiger charge is -2.36. The number of rotatable bonds is 11. The summed E-state index contributed by atoms with van der Waals surface area (Å²) in [5.74, 6) is -1.97. The fraction of sp³-hybridized carbons (Fsp3) is 0.325. The molecule has 2 radical (unpaired) electrons. The van der Waals surface area contributed by atoms with Gasteiger partial charge in [0.25, 0.3) is 0 Å². The van der Waals surface area contributed by atoms with Crippen LogP contribution in [0.3, 0.4) is 0 Å². The van der Waals surface area contributed by atoms with Crippen LogP contribution in [-0.2, 0) is 38.5 Å². The van der Waals surface area contributed by atoms with Crippen LogP contribution in [0.2, 0.25) is 0 Å². The van der Waals surface area contributed by atoms with E-state index in [9.17, 15) is 14.4 Å². The summed E-state index contributed by atoms with van der Waals surface area (Å²) in [7, 11) is 6.04. The lowest BCUT2D eigenvalue weighted by atomic mass is 9.84. The molecule has 2 aliphatic heterocycles. The van der Waals surface area contributed by atoms with Gasteiger partial charge in [0.1, 0.15) is 17.9 Å². The predicted octanol–water partition coefficient (Wildman–Crippen LogP) is 6.88. The Bertz CT molecular complexity index is 1720. The topological polar surface area (TPSA) is 85.4 Å². The molecule has 3 amide bonds. The fourth-order valence-corrected chi connectivity index (χ4v) is 7.24. The Kier molecular flexibility index (Phi) is 10.3. The third-order valence-electron chi connectivity index (χ3n) is 9.50. The zero-order valence-corrected chi connectivity index (χ0v) is 28.1. The van der Waals surface area contributed by atoms with Gasteiger partial charge in [-0.3, -0.25) is 9.59 Å². The second-order valence-corrected chi connectivity index (χ2v) is 13.2. The smallest absolute Gasteiger partial charge is 0.417 e. The molecule has 2 heterocycles. The van der Waals surface area contributed by atoms with Gasteiger partial charge in [-0.25, -0.2) is 9.69 Å². The van der Waals surface area contributed by atoms with Crippen LogP contribution in [0.5, 0.6) is 0 Å². The summed E-state index contributed by atoms with van der Waals surface area (Å²) >= 11 is 0. The van der Waals surface area contributed by atoms with E-state index >= 15 is 0 Å². The molecule has 250 valence electrons. The van der Waals surface area contributed by atoms with E-state index in [4.69, 9.17) is 22.1 Å². The Morgan fingerprint density at radius 1 is 0.816 bits per heavy atom. The number of nitrogens with zero attached hydrogens (tertiary/aromatic N) is 2. The van der Waals surface area contributed by atoms with E-state index < -0.39 is 59.8 Å². The molecular formula is C40H41BN2O6. The summed E-state index contributed by atoms with van der Waals surface area (Å²) in [6.45, 7) is 5.58. The molecule has 6 atom stereocenters. The van der Waals surface area contributed by atoms with E-state index in [0.717, 1.165) is 22.3 Å². The minimum absolute atomic E-state index is 0.172. The number of carbonyl (C=O) groups is 3. The van der Waals surface area contributed by atoms with Gasteiger partial charge in [-0.15, -0.1) is 0 Å². The van der Waals surface area contributed by atoms with Crippen LogP contribution in [-0.4, -0.2) is 65.5 Å². The summed E-state index contributed by atoms with van der Waals surface area (Å²) in [5, 5.41) is 0. The van der Waals surface area contributed by atoms with Crippen LogP contribution in [0.25, 0.3) is 0 Å². The van der Waals surface area contributed by atoms with Crippen molar-refractivity contribution < 1.29 is 28.6 Å². The molecule has 8 nitrogen and oxygen atoms in total. The number of imide groups is 1. The molecule has 4 aromatic carbocycles. The number of hydrogen-bond acceptors (Lipinski definition) is 6. The van der Waals surface area contributed by atoms with Gasteiger partial charge in [-0.05, 0) is 55.9 Å². The van der Waals surface area contributed by atoms with Crippen LogP contribution in [0.1, 0.15) is 49.1 Å². The highest BCUT2D eigenvalue weighted by Crippen LogP contribution is 2.41. The molecular weight excluding hydrogens is 615 g/mol. The molecule has 0 bridgehead atoms. The van der Waals surface area contributed by atoms with E-state index in [-0.39, 0.29) is 13.0 Å². The number of amides is 3. The second-order valence-electron chi connectivity index (χ2n) is 13.2. The quantitative estimate of drug-likeness (QED) is 0.164. The van der Waals surface area contributed by atoms with Gasteiger partial charge >= 0.3 is 6.09 Å². The average molecular weight is 657 g/mol. The highest BCUT2D eigenvalue weighted by Gasteiger charge is 2.55. The van der Waals surface area contributed by atoms with Gasteiger partial charge in [-0.2, -0.15) is 0 Å². The Morgan fingerprint density at radius 2 is 1.35 bits per heavy atom. The summed E-state index contributed by atoms with van der Waals surface area (Å²) in [5.41, 5.74) is 2.46. The predicted molar refractivity (Wildman–Crippen MR) is 187 cm³/mol. The highest BCUT2D eigenvalue weighted by molar-refractivity contribution is 6.57. The average Bonchev–Trinajstić information content (AvgIpc) is 3.55. The van der Waals surface area contributed by atoms with Crippen molar-refractivity contribution in [2.45, 2.75) is 76.3 Å². The van der Waals surface area contributed by atoms with Crippen molar-refractivity contribution in [2.24, 2.45) is 5.92 Å². The standard InChI is InChI=1S/C40H41BN2O6/c1-27-34(31-22-14-7-15-23-31)48-39(46)42(27)37(44)32(24-28-16-8-4-9-17-28)35(47-26-30-20-12-6-13-21-30)36-33(25-29-18-10-5-11-19-29)43(38(41)45)40(2,3)49-36/h4-23,27,32-36H,24-26H2,1-3H3/t27-,32-,33+,34-,35-,36-/m0/s1. The van der Waals surface area contributed by atoms with Gasteiger partial charge < -0.3 is 19.1 Å². The van der Waals surface area contributed by atoms with Crippen LogP contribution in [0.15, 0.2) is 121 Å². The minimum atomic E-state index is -1.11. The van der Waals surface area contributed by atoms with Gasteiger partial charge in [0.15, 0.2) is 5.81 Å². The molecule has 2 fully saturated rings. The van der Waals surface area contributed by atoms with Crippen molar-refractivity contribution in [1.82, 2.24) is 9.80 Å². The molecule has 0 aliphatic carbocycles. The highest BCUT2D eigenvalue weighted by atomic mass is 16.6.